The second kappa shape index (κ2) is 9.31. The number of rotatable bonds is 8. The van der Waals surface area contributed by atoms with Crippen molar-refractivity contribution >= 4 is 11.6 Å². The van der Waals surface area contributed by atoms with Gasteiger partial charge in [0.25, 0.3) is 5.91 Å². The van der Waals surface area contributed by atoms with Crippen molar-refractivity contribution in [3.8, 4) is 17.2 Å². The van der Waals surface area contributed by atoms with E-state index in [9.17, 15) is 4.79 Å². The zero-order valence-electron chi connectivity index (χ0n) is 17.0. The van der Waals surface area contributed by atoms with E-state index in [2.05, 4.69) is 19.2 Å². The van der Waals surface area contributed by atoms with Gasteiger partial charge >= 0.3 is 0 Å². The zero-order valence-corrected chi connectivity index (χ0v) is 17.0. The van der Waals surface area contributed by atoms with E-state index < -0.39 is 0 Å². The van der Waals surface area contributed by atoms with E-state index in [-0.39, 0.29) is 5.91 Å². The fraction of sp³-hybridized carbons (Fsp3) is 0.409. The molecule has 2 aromatic carbocycles. The van der Waals surface area contributed by atoms with Gasteiger partial charge in [0.15, 0.2) is 11.5 Å². The molecule has 0 aliphatic rings. The van der Waals surface area contributed by atoms with Crippen LogP contribution < -0.4 is 19.5 Å². The van der Waals surface area contributed by atoms with Crippen LogP contribution in [0.4, 0.5) is 5.69 Å². The molecular weight excluding hydrogens is 342 g/mol. The number of carbonyl (C=O) groups is 1. The van der Waals surface area contributed by atoms with Gasteiger partial charge in [0.2, 0.25) is 0 Å². The highest BCUT2D eigenvalue weighted by Gasteiger charge is 2.14. The third-order valence-electron chi connectivity index (χ3n) is 4.43. The molecule has 0 unspecified atom stereocenters. The Bertz CT molecular complexity index is 799. The molecule has 0 aliphatic heterocycles. The molecular formula is C22H29NO4. The highest BCUT2D eigenvalue weighted by molar-refractivity contribution is 6.05. The first kappa shape index (κ1) is 20.6. The van der Waals surface area contributed by atoms with Crippen molar-refractivity contribution in [2.75, 3.05) is 26.1 Å². The van der Waals surface area contributed by atoms with Crippen LogP contribution in [0.5, 0.6) is 17.2 Å². The maximum atomic E-state index is 12.7. The molecule has 2 aromatic rings. The number of benzene rings is 2. The van der Waals surface area contributed by atoms with Crippen molar-refractivity contribution in [3.63, 3.8) is 0 Å². The highest BCUT2D eigenvalue weighted by atomic mass is 16.5. The van der Waals surface area contributed by atoms with Gasteiger partial charge in [0.05, 0.1) is 20.8 Å². The highest BCUT2D eigenvalue weighted by Crippen LogP contribution is 2.31. The zero-order chi connectivity index (χ0) is 20.0. The molecule has 1 amide bonds. The molecule has 146 valence electrons. The monoisotopic (exact) mass is 371 g/mol. The van der Waals surface area contributed by atoms with Gasteiger partial charge in [-0.25, -0.2) is 0 Å². The van der Waals surface area contributed by atoms with E-state index in [0.29, 0.717) is 29.6 Å². The SMILES string of the molecule is COc1cc(C(=O)Nc2ccc(C)c(OC)c2C)ccc1OCCC(C)C. The molecule has 0 aromatic heterocycles. The quantitative estimate of drug-likeness (QED) is 0.710. The maximum absolute atomic E-state index is 12.7. The molecule has 1 N–H and O–H groups in total. The first-order valence-corrected chi connectivity index (χ1v) is 9.13. The van der Waals surface area contributed by atoms with Crippen molar-refractivity contribution in [1.82, 2.24) is 0 Å². The number of hydrogen-bond donors (Lipinski definition) is 1. The Balaban J connectivity index is 2.17. The molecule has 27 heavy (non-hydrogen) atoms. The van der Waals surface area contributed by atoms with Crippen LogP contribution >= 0.6 is 0 Å². The van der Waals surface area contributed by atoms with Crippen LogP contribution in [0.15, 0.2) is 30.3 Å². The van der Waals surface area contributed by atoms with E-state index in [1.165, 1.54) is 0 Å². The van der Waals surface area contributed by atoms with E-state index in [4.69, 9.17) is 14.2 Å². The lowest BCUT2D eigenvalue weighted by atomic mass is 10.1. The fourth-order valence-corrected chi connectivity index (χ4v) is 2.80. The Hall–Kier alpha value is -2.69. The molecule has 5 nitrogen and oxygen atoms in total. The van der Waals surface area contributed by atoms with Gasteiger partial charge < -0.3 is 19.5 Å². The van der Waals surface area contributed by atoms with Gasteiger partial charge in [-0.1, -0.05) is 19.9 Å². The summed E-state index contributed by atoms with van der Waals surface area (Å²) in [5, 5.41) is 2.94. The first-order chi connectivity index (χ1) is 12.9. The molecule has 0 fully saturated rings. The molecule has 5 heteroatoms. The van der Waals surface area contributed by atoms with Gasteiger partial charge in [-0.3, -0.25) is 4.79 Å². The number of anilines is 1. The third kappa shape index (κ3) is 5.16. The number of hydrogen-bond acceptors (Lipinski definition) is 4. The summed E-state index contributed by atoms with van der Waals surface area (Å²) in [4.78, 5) is 12.7. The molecule has 0 atom stereocenters. The Morgan fingerprint density at radius 2 is 1.78 bits per heavy atom. The minimum Gasteiger partial charge on any atom is -0.496 e. The summed E-state index contributed by atoms with van der Waals surface area (Å²) in [5.74, 6) is 2.32. The number of methoxy groups -OCH3 is 2. The Labute approximate surface area is 161 Å². The average Bonchev–Trinajstić information content (AvgIpc) is 2.64. The number of carbonyl (C=O) groups excluding carboxylic acids is 1. The van der Waals surface area contributed by atoms with Gasteiger partial charge in [-0.05, 0) is 56.0 Å². The Morgan fingerprint density at radius 3 is 2.41 bits per heavy atom. The molecule has 0 spiro atoms. The third-order valence-corrected chi connectivity index (χ3v) is 4.43. The van der Waals surface area contributed by atoms with E-state index in [1.54, 1.807) is 32.4 Å². The summed E-state index contributed by atoms with van der Waals surface area (Å²) in [5.41, 5.74) is 3.14. The van der Waals surface area contributed by atoms with Crippen LogP contribution in [0, 0.1) is 19.8 Å². The normalized spacial score (nSPS) is 10.6. The van der Waals surface area contributed by atoms with E-state index in [1.807, 2.05) is 26.0 Å². The molecule has 0 aliphatic carbocycles. The molecule has 0 radical (unpaired) electrons. The van der Waals surface area contributed by atoms with Crippen LogP contribution in [0.2, 0.25) is 0 Å². The maximum Gasteiger partial charge on any atom is 0.255 e. The molecule has 0 heterocycles. The smallest absolute Gasteiger partial charge is 0.255 e. The second-order valence-electron chi connectivity index (χ2n) is 6.94. The number of aryl methyl sites for hydroxylation is 1. The second-order valence-corrected chi connectivity index (χ2v) is 6.94. The summed E-state index contributed by atoms with van der Waals surface area (Å²) in [6.07, 6.45) is 0.958. The largest absolute Gasteiger partial charge is 0.496 e. The van der Waals surface area contributed by atoms with Crippen molar-refractivity contribution in [1.29, 1.82) is 0 Å². The fourth-order valence-electron chi connectivity index (χ4n) is 2.80. The molecule has 0 bridgehead atoms. The Kier molecular flexibility index (Phi) is 7.11. The van der Waals surface area contributed by atoms with Crippen molar-refractivity contribution in [2.45, 2.75) is 34.1 Å². The number of amides is 1. The Morgan fingerprint density at radius 1 is 1.04 bits per heavy atom. The van der Waals surface area contributed by atoms with Crippen LogP contribution in [-0.2, 0) is 0 Å². The lowest BCUT2D eigenvalue weighted by molar-refractivity contribution is 0.102. The summed E-state index contributed by atoms with van der Waals surface area (Å²) in [6, 6.07) is 9.01. The lowest BCUT2D eigenvalue weighted by Gasteiger charge is -2.15. The van der Waals surface area contributed by atoms with Crippen LogP contribution in [0.3, 0.4) is 0 Å². The van der Waals surface area contributed by atoms with Crippen LogP contribution in [0.1, 0.15) is 41.8 Å². The van der Waals surface area contributed by atoms with Crippen molar-refractivity contribution in [3.05, 3.63) is 47.0 Å². The summed E-state index contributed by atoms with van der Waals surface area (Å²) < 4.78 is 16.6. The van der Waals surface area contributed by atoms with Gasteiger partial charge in [0.1, 0.15) is 5.75 Å². The van der Waals surface area contributed by atoms with Crippen molar-refractivity contribution in [2.24, 2.45) is 5.92 Å². The van der Waals surface area contributed by atoms with E-state index >= 15 is 0 Å². The summed E-state index contributed by atoms with van der Waals surface area (Å²) in [6.45, 7) is 8.81. The minimum absolute atomic E-state index is 0.212. The first-order valence-electron chi connectivity index (χ1n) is 9.13. The van der Waals surface area contributed by atoms with Crippen molar-refractivity contribution < 1.29 is 19.0 Å². The summed E-state index contributed by atoms with van der Waals surface area (Å²) >= 11 is 0. The number of nitrogens with one attached hydrogen (secondary N) is 1. The predicted octanol–water partition coefficient (Wildman–Crippen LogP) is 5.00. The molecule has 0 saturated carbocycles. The lowest BCUT2D eigenvalue weighted by Crippen LogP contribution is -2.13. The molecule has 0 saturated heterocycles. The van der Waals surface area contributed by atoms with Crippen LogP contribution in [-0.4, -0.2) is 26.7 Å². The topological polar surface area (TPSA) is 56.8 Å². The van der Waals surface area contributed by atoms with Crippen LogP contribution in [0.25, 0.3) is 0 Å². The molecule has 2 rings (SSSR count). The average molecular weight is 371 g/mol. The number of ether oxygens (including phenoxy) is 3. The predicted molar refractivity (Wildman–Crippen MR) is 108 cm³/mol. The standard InChI is InChI=1S/C22H29NO4/c1-14(2)11-12-27-19-10-8-17(13-20(19)25-5)22(24)23-18-9-7-15(3)21(26-6)16(18)4/h7-10,13-14H,11-12H2,1-6H3,(H,23,24). The van der Waals surface area contributed by atoms with Gasteiger partial charge in [0, 0.05) is 16.8 Å². The van der Waals surface area contributed by atoms with E-state index in [0.717, 1.165) is 29.0 Å². The van der Waals surface area contributed by atoms with Gasteiger partial charge in [-0.2, -0.15) is 0 Å². The minimum atomic E-state index is -0.212. The van der Waals surface area contributed by atoms with Gasteiger partial charge in [-0.15, -0.1) is 0 Å². The summed E-state index contributed by atoms with van der Waals surface area (Å²) in [7, 11) is 3.20.